The fourth-order valence-corrected chi connectivity index (χ4v) is 2.55. The Hall–Kier alpha value is -2.11. The van der Waals surface area contributed by atoms with Crippen LogP contribution >= 0.6 is 0 Å². The molecular formula is C16H16F3N3. The summed E-state index contributed by atoms with van der Waals surface area (Å²) in [7, 11) is 0. The predicted octanol–water partition coefficient (Wildman–Crippen LogP) is 4.51. The van der Waals surface area contributed by atoms with Crippen LogP contribution in [0.2, 0.25) is 0 Å². The number of imidazole rings is 1. The maximum Gasteiger partial charge on any atom is 0.416 e. The van der Waals surface area contributed by atoms with E-state index in [-0.39, 0.29) is 5.41 Å². The first kappa shape index (κ1) is 14.8. The third kappa shape index (κ3) is 2.23. The molecule has 1 aromatic carbocycles. The molecule has 3 aromatic rings. The van der Waals surface area contributed by atoms with Crippen LogP contribution in [0.3, 0.4) is 0 Å². The summed E-state index contributed by atoms with van der Waals surface area (Å²) in [5.41, 5.74) is 0.861. The van der Waals surface area contributed by atoms with Crippen LogP contribution in [0.15, 0.2) is 24.4 Å². The highest BCUT2D eigenvalue weighted by Crippen LogP contribution is 2.33. The second-order valence-electron chi connectivity index (χ2n) is 6.47. The fourth-order valence-electron chi connectivity index (χ4n) is 2.55. The summed E-state index contributed by atoms with van der Waals surface area (Å²) in [5, 5.41) is 0.620. The molecular weight excluding hydrogens is 291 g/mol. The van der Waals surface area contributed by atoms with E-state index in [9.17, 15) is 13.2 Å². The molecule has 0 N–H and O–H groups in total. The molecule has 0 fully saturated rings. The van der Waals surface area contributed by atoms with Crippen molar-refractivity contribution in [3.63, 3.8) is 0 Å². The lowest BCUT2D eigenvalue weighted by atomic mass is 9.95. The molecule has 0 aliphatic carbocycles. The van der Waals surface area contributed by atoms with Crippen molar-refractivity contribution in [1.82, 2.24) is 14.4 Å². The summed E-state index contributed by atoms with van der Waals surface area (Å²) >= 11 is 0. The first-order valence-corrected chi connectivity index (χ1v) is 6.94. The fraction of sp³-hybridized carbons (Fsp3) is 0.375. The number of benzene rings is 1. The van der Waals surface area contributed by atoms with Gasteiger partial charge in [-0.2, -0.15) is 13.2 Å². The minimum Gasteiger partial charge on any atom is -0.284 e. The van der Waals surface area contributed by atoms with Gasteiger partial charge in [0, 0.05) is 22.7 Å². The minimum absolute atomic E-state index is 0.313. The van der Waals surface area contributed by atoms with E-state index < -0.39 is 11.7 Å². The van der Waals surface area contributed by atoms with Crippen molar-refractivity contribution >= 4 is 16.6 Å². The first-order valence-electron chi connectivity index (χ1n) is 6.94. The molecule has 0 saturated carbocycles. The quantitative estimate of drug-likeness (QED) is 0.612. The smallest absolute Gasteiger partial charge is 0.284 e. The van der Waals surface area contributed by atoms with E-state index in [1.54, 1.807) is 6.20 Å². The minimum atomic E-state index is -4.38. The van der Waals surface area contributed by atoms with Crippen LogP contribution in [0.4, 0.5) is 13.2 Å². The number of aryl methyl sites for hydroxylation is 1. The molecule has 116 valence electrons. The number of hydrogen-bond donors (Lipinski definition) is 0. The van der Waals surface area contributed by atoms with Gasteiger partial charge >= 0.3 is 6.18 Å². The third-order valence-corrected chi connectivity index (χ3v) is 3.61. The van der Waals surface area contributed by atoms with Gasteiger partial charge in [-0.25, -0.2) is 9.97 Å². The zero-order valence-electron chi connectivity index (χ0n) is 12.8. The number of rotatable bonds is 0. The summed E-state index contributed by atoms with van der Waals surface area (Å²) in [5.74, 6) is 0.698. The molecule has 0 bridgehead atoms. The Labute approximate surface area is 125 Å². The van der Waals surface area contributed by atoms with Crippen molar-refractivity contribution in [1.29, 1.82) is 0 Å². The summed E-state index contributed by atoms with van der Waals surface area (Å²) < 4.78 is 40.7. The Morgan fingerprint density at radius 3 is 2.36 bits per heavy atom. The molecule has 22 heavy (non-hydrogen) atoms. The Morgan fingerprint density at radius 2 is 1.77 bits per heavy atom. The van der Waals surface area contributed by atoms with Gasteiger partial charge in [-0.05, 0) is 25.1 Å². The number of fused-ring (bicyclic) bond motifs is 3. The van der Waals surface area contributed by atoms with Crippen LogP contribution in [0, 0.1) is 6.92 Å². The van der Waals surface area contributed by atoms with Crippen LogP contribution < -0.4 is 0 Å². The van der Waals surface area contributed by atoms with E-state index in [1.807, 2.05) is 32.1 Å². The van der Waals surface area contributed by atoms with Gasteiger partial charge in [0.05, 0.1) is 11.1 Å². The van der Waals surface area contributed by atoms with Crippen LogP contribution in [0.5, 0.6) is 0 Å². The summed E-state index contributed by atoms with van der Waals surface area (Å²) in [6.07, 6.45) is -2.67. The molecule has 3 nitrogen and oxygen atoms in total. The van der Waals surface area contributed by atoms with Crippen LogP contribution in [-0.2, 0) is 11.6 Å². The third-order valence-electron chi connectivity index (χ3n) is 3.61. The van der Waals surface area contributed by atoms with Gasteiger partial charge in [0.15, 0.2) is 0 Å². The number of halogens is 3. The van der Waals surface area contributed by atoms with Crippen molar-refractivity contribution in [2.75, 3.05) is 0 Å². The van der Waals surface area contributed by atoms with Crippen molar-refractivity contribution < 1.29 is 13.2 Å². The van der Waals surface area contributed by atoms with Gasteiger partial charge in [-0.15, -0.1) is 0 Å². The monoisotopic (exact) mass is 307 g/mol. The van der Waals surface area contributed by atoms with E-state index in [0.29, 0.717) is 22.4 Å². The normalized spacial score (nSPS) is 13.2. The van der Waals surface area contributed by atoms with Crippen LogP contribution in [-0.4, -0.2) is 14.4 Å². The van der Waals surface area contributed by atoms with Crippen LogP contribution in [0.1, 0.15) is 37.9 Å². The molecule has 0 saturated heterocycles. The number of alkyl halides is 3. The molecule has 3 rings (SSSR count). The molecule has 0 aliphatic heterocycles. The van der Waals surface area contributed by atoms with Gasteiger partial charge < -0.3 is 0 Å². The molecule has 0 amide bonds. The zero-order chi connectivity index (χ0) is 16.3. The Morgan fingerprint density at radius 1 is 1.09 bits per heavy atom. The Balaban J connectivity index is 2.44. The molecule has 0 radical (unpaired) electrons. The van der Waals surface area contributed by atoms with E-state index in [2.05, 4.69) is 9.97 Å². The number of nitrogens with zero attached hydrogens (tertiary/aromatic N) is 3. The van der Waals surface area contributed by atoms with E-state index in [1.165, 1.54) is 6.07 Å². The Kier molecular flexibility index (Phi) is 2.99. The molecule has 2 aromatic heterocycles. The SMILES string of the molecule is Cc1cnc2c3ccc(C(F)(F)F)cc3nc(C(C)(C)C)n12. The molecule has 0 spiro atoms. The zero-order valence-corrected chi connectivity index (χ0v) is 12.8. The van der Waals surface area contributed by atoms with Crippen molar-refractivity contribution in [2.45, 2.75) is 39.3 Å². The van der Waals surface area contributed by atoms with Gasteiger partial charge in [-0.3, -0.25) is 4.40 Å². The summed E-state index contributed by atoms with van der Waals surface area (Å²) in [4.78, 5) is 8.86. The largest absolute Gasteiger partial charge is 0.416 e. The van der Waals surface area contributed by atoms with Gasteiger partial charge in [0.2, 0.25) is 0 Å². The van der Waals surface area contributed by atoms with E-state index in [0.717, 1.165) is 17.8 Å². The average Bonchev–Trinajstić information content (AvgIpc) is 2.77. The van der Waals surface area contributed by atoms with Crippen molar-refractivity contribution in [3.05, 3.63) is 41.5 Å². The standard InChI is InChI=1S/C16H16F3N3/c1-9-8-20-13-11-6-5-10(16(17,18)19)7-12(11)21-14(22(9)13)15(2,3)4/h5-8H,1-4H3. The Bertz CT molecular complexity index is 870. The molecule has 0 aliphatic rings. The lowest BCUT2D eigenvalue weighted by Gasteiger charge is -2.21. The van der Waals surface area contributed by atoms with Crippen molar-refractivity contribution in [3.8, 4) is 0 Å². The highest BCUT2D eigenvalue weighted by molar-refractivity contribution is 5.92. The second-order valence-corrected chi connectivity index (χ2v) is 6.47. The maximum absolute atomic E-state index is 12.9. The number of hydrogen-bond acceptors (Lipinski definition) is 2. The lowest BCUT2D eigenvalue weighted by molar-refractivity contribution is -0.137. The summed E-state index contributed by atoms with van der Waals surface area (Å²) in [6.45, 7) is 7.85. The molecule has 0 unspecified atom stereocenters. The highest BCUT2D eigenvalue weighted by atomic mass is 19.4. The van der Waals surface area contributed by atoms with Gasteiger partial charge in [0.1, 0.15) is 11.5 Å². The summed E-state index contributed by atoms with van der Waals surface area (Å²) in [6, 6.07) is 3.61. The molecule has 6 heteroatoms. The topological polar surface area (TPSA) is 30.2 Å². The molecule has 2 heterocycles. The predicted molar refractivity (Wildman–Crippen MR) is 78.9 cm³/mol. The van der Waals surface area contributed by atoms with E-state index in [4.69, 9.17) is 0 Å². The number of aromatic nitrogens is 3. The van der Waals surface area contributed by atoms with Gasteiger partial charge in [0.25, 0.3) is 0 Å². The first-order chi connectivity index (χ1) is 10.1. The van der Waals surface area contributed by atoms with E-state index >= 15 is 0 Å². The second kappa shape index (κ2) is 4.44. The van der Waals surface area contributed by atoms with Crippen molar-refractivity contribution in [2.24, 2.45) is 0 Å². The van der Waals surface area contributed by atoms with Gasteiger partial charge in [-0.1, -0.05) is 20.8 Å². The lowest BCUT2D eigenvalue weighted by Crippen LogP contribution is -2.19. The van der Waals surface area contributed by atoms with Crippen LogP contribution in [0.25, 0.3) is 16.6 Å². The molecule has 0 atom stereocenters. The average molecular weight is 307 g/mol. The highest BCUT2D eigenvalue weighted by Gasteiger charge is 2.31. The maximum atomic E-state index is 12.9.